The standard InChI is InChI=1S/C33H31ClFNO4/c1-21-14-24(30-18-29(40-2)12-13-31(30)35)9-8-23(21)15-22-6-10-27(11-7-22)36-20-33(39,19-28(36)17-32(37)38)25-4-3-5-26(34)16-25/h3-14,16,18,28,39H,15,17,19-20H2,1-2H3,(H,37,38)/t28-,33+/m0/s1. The summed E-state index contributed by atoms with van der Waals surface area (Å²) < 4.78 is 19.7. The highest BCUT2D eigenvalue weighted by molar-refractivity contribution is 6.30. The lowest BCUT2D eigenvalue weighted by molar-refractivity contribution is -0.137. The van der Waals surface area contributed by atoms with E-state index >= 15 is 0 Å². The number of rotatable bonds is 8. The summed E-state index contributed by atoms with van der Waals surface area (Å²) in [4.78, 5) is 13.6. The normalized spacial score (nSPS) is 18.6. The van der Waals surface area contributed by atoms with Crippen molar-refractivity contribution in [3.63, 3.8) is 0 Å². The molecule has 4 aromatic rings. The molecule has 2 atom stereocenters. The molecule has 206 valence electrons. The van der Waals surface area contributed by atoms with Crippen molar-refractivity contribution in [2.24, 2.45) is 0 Å². The number of hydrogen-bond donors (Lipinski definition) is 2. The van der Waals surface area contributed by atoms with Crippen molar-refractivity contribution < 1.29 is 24.1 Å². The third kappa shape index (κ3) is 5.83. The van der Waals surface area contributed by atoms with Crippen LogP contribution in [0.25, 0.3) is 11.1 Å². The minimum atomic E-state index is -1.20. The maximum absolute atomic E-state index is 14.5. The van der Waals surface area contributed by atoms with Gasteiger partial charge in [-0.25, -0.2) is 4.39 Å². The number of ether oxygens (including phenoxy) is 1. The Morgan fingerprint density at radius 2 is 1.85 bits per heavy atom. The number of benzene rings is 4. The minimum Gasteiger partial charge on any atom is -0.497 e. The topological polar surface area (TPSA) is 70.0 Å². The maximum Gasteiger partial charge on any atom is 0.305 e. The molecular weight excluding hydrogens is 529 g/mol. The molecule has 40 heavy (non-hydrogen) atoms. The molecular formula is C33H31ClFNO4. The van der Waals surface area contributed by atoms with E-state index in [0.717, 1.165) is 27.9 Å². The number of hydrogen-bond acceptors (Lipinski definition) is 4. The largest absolute Gasteiger partial charge is 0.497 e. The van der Waals surface area contributed by atoms with E-state index in [1.165, 1.54) is 6.07 Å². The predicted octanol–water partition coefficient (Wildman–Crippen LogP) is 7.00. The Labute approximate surface area is 238 Å². The monoisotopic (exact) mass is 559 g/mol. The first kappa shape index (κ1) is 27.7. The molecule has 4 aromatic carbocycles. The van der Waals surface area contributed by atoms with Crippen LogP contribution in [0.3, 0.4) is 0 Å². The van der Waals surface area contributed by atoms with E-state index in [1.54, 1.807) is 37.4 Å². The van der Waals surface area contributed by atoms with Crippen LogP contribution in [0, 0.1) is 12.7 Å². The van der Waals surface area contributed by atoms with Crippen molar-refractivity contribution in [2.75, 3.05) is 18.6 Å². The highest BCUT2D eigenvalue weighted by Crippen LogP contribution is 2.40. The lowest BCUT2D eigenvalue weighted by Gasteiger charge is -2.27. The fourth-order valence-electron chi connectivity index (χ4n) is 5.59. The van der Waals surface area contributed by atoms with Crippen molar-refractivity contribution in [1.29, 1.82) is 0 Å². The molecule has 7 heteroatoms. The van der Waals surface area contributed by atoms with Gasteiger partial charge >= 0.3 is 5.97 Å². The number of aryl methyl sites for hydroxylation is 1. The average Bonchev–Trinajstić information content (AvgIpc) is 3.27. The molecule has 0 unspecified atom stereocenters. The van der Waals surface area contributed by atoms with Gasteiger partial charge in [-0.05, 0) is 83.6 Å². The van der Waals surface area contributed by atoms with Gasteiger partial charge in [0.1, 0.15) is 17.2 Å². The molecule has 0 amide bonds. The lowest BCUT2D eigenvalue weighted by atomic mass is 9.90. The Morgan fingerprint density at radius 1 is 1.07 bits per heavy atom. The Hall–Kier alpha value is -3.87. The summed E-state index contributed by atoms with van der Waals surface area (Å²) in [5, 5.41) is 21.6. The number of aliphatic hydroxyl groups is 1. The number of halogens is 2. The van der Waals surface area contributed by atoms with Crippen LogP contribution in [0.4, 0.5) is 10.1 Å². The zero-order chi connectivity index (χ0) is 28.4. The number of carboxylic acid groups (broad SMARTS) is 1. The SMILES string of the molecule is COc1ccc(F)c(-c2ccc(Cc3ccc(N4C[C@@](O)(c5cccc(Cl)c5)C[C@@H]4CC(=O)O)cc3)c(C)c2)c1. The van der Waals surface area contributed by atoms with Gasteiger partial charge in [-0.15, -0.1) is 0 Å². The summed E-state index contributed by atoms with van der Waals surface area (Å²) in [6.45, 7) is 2.29. The molecule has 1 heterocycles. The average molecular weight is 560 g/mol. The minimum absolute atomic E-state index is 0.0793. The first-order chi connectivity index (χ1) is 19.1. The molecule has 5 nitrogen and oxygen atoms in total. The van der Waals surface area contributed by atoms with Crippen LogP contribution < -0.4 is 9.64 Å². The maximum atomic E-state index is 14.5. The summed E-state index contributed by atoms with van der Waals surface area (Å²) in [5.74, 6) is -0.601. The molecule has 1 aliphatic rings. The van der Waals surface area contributed by atoms with Crippen LogP contribution >= 0.6 is 11.6 Å². The smallest absolute Gasteiger partial charge is 0.305 e. The second kappa shape index (κ2) is 11.3. The molecule has 0 bridgehead atoms. The number of carbonyl (C=O) groups is 1. The predicted molar refractivity (Wildman–Crippen MR) is 156 cm³/mol. The second-order valence-electron chi connectivity index (χ2n) is 10.5. The van der Waals surface area contributed by atoms with Gasteiger partial charge < -0.3 is 19.8 Å². The number of anilines is 1. The van der Waals surface area contributed by atoms with E-state index in [4.69, 9.17) is 16.3 Å². The number of aliphatic carboxylic acids is 1. The molecule has 1 saturated heterocycles. The third-order valence-electron chi connectivity index (χ3n) is 7.71. The highest BCUT2D eigenvalue weighted by Gasteiger charge is 2.44. The first-order valence-electron chi connectivity index (χ1n) is 13.1. The van der Waals surface area contributed by atoms with E-state index in [9.17, 15) is 19.4 Å². The third-order valence-corrected chi connectivity index (χ3v) is 7.94. The molecule has 0 aromatic heterocycles. The van der Waals surface area contributed by atoms with Crippen molar-refractivity contribution in [2.45, 2.75) is 37.8 Å². The molecule has 2 N–H and O–H groups in total. The summed E-state index contributed by atoms with van der Waals surface area (Å²) in [6.07, 6.45) is 0.906. The van der Waals surface area contributed by atoms with Crippen LogP contribution in [-0.4, -0.2) is 35.9 Å². The van der Waals surface area contributed by atoms with Crippen LogP contribution in [0.5, 0.6) is 5.75 Å². The van der Waals surface area contributed by atoms with E-state index in [2.05, 4.69) is 0 Å². The van der Waals surface area contributed by atoms with E-state index in [-0.39, 0.29) is 24.8 Å². The van der Waals surface area contributed by atoms with Crippen molar-refractivity contribution in [3.05, 3.63) is 118 Å². The molecule has 1 aliphatic heterocycles. The molecule has 0 saturated carbocycles. The summed E-state index contributed by atoms with van der Waals surface area (Å²) in [6, 6.07) is 25.4. The Kier molecular flexibility index (Phi) is 7.83. The number of nitrogens with zero attached hydrogens (tertiary/aromatic N) is 1. The second-order valence-corrected chi connectivity index (χ2v) is 10.9. The van der Waals surface area contributed by atoms with Gasteiger partial charge in [0.15, 0.2) is 0 Å². The quantitative estimate of drug-likeness (QED) is 0.243. The van der Waals surface area contributed by atoms with Crippen LogP contribution in [-0.2, 0) is 16.8 Å². The van der Waals surface area contributed by atoms with Gasteiger partial charge in [0.05, 0.1) is 20.1 Å². The Bertz CT molecular complexity index is 1540. The zero-order valence-corrected chi connectivity index (χ0v) is 23.2. The van der Waals surface area contributed by atoms with Gasteiger partial charge in [0.25, 0.3) is 0 Å². The highest BCUT2D eigenvalue weighted by atomic mass is 35.5. The van der Waals surface area contributed by atoms with E-state index < -0.39 is 11.6 Å². The van der Waals surface area contributed by atoms with Gasteiger partial charge in [-0.2, -0.15) is 0 Å². The first-order valence-corrected chi connectivity index (χ1v) is 13.5. The van der Waals surface area contributed by atoms with Crippen LogP contribution in [0.2, 0.25) is 5.02 Å². The lowest BCUT2D eigenvalue weighted by Crippen LogP contribution is -2.33. The molecule has 0 aliphatic carbocycles. The van der Waals surface area contributed by atoms with Crippen molar-refractivity contribution in [1.82, 2.24) is 0 Å². The summed E-state index contributed by atoms with van der Waals surface area (Å²) in [5.41, 5.74) is 4.89. The van der Waals surface area contributed by atoms with Crippen LogP contribution in [0.1, 0.15) is 35.1 Å². The van der Waals surface area contributed by atoms with E-state index in [0.29, 0.717) is 34.7 Å². The fraction of sp³-hybridized carbons (Fsp3) is 0.242. The van der Waals surface area contributed by atoms with Gasteiger partial charge in [0, 0.05) is 28.7 Å². The number of carboxylic acids is 1. The van der Waals surface area contributed by atoms with Crippen molar-refractivity contribution in [3.8, 4) is 16.9 Å². The number of methoxy groups -OCH3 is 1. The van der Waals surface area contributed by atoms with Gasteiger partial charge in [0.2, 0.25) is 0 Å². The number of β-amino-alcohol motifs (C(OH)–C–C–N with tert-alkyl or cyclic N) is 1. The Morgan fingerprint density at radius 3 is 2.52 bits per heavy atom. The van der Waals surface area contributed by atoms with E-state index in [1.807, 2.05) is 60.4 Å². The van der Waals surface area contributed by atoms with Gasteiger partial charge in [-0.3, -0.25) is 4.79 Å². The molecule has 0 spiro atoms. The molecule has 0 radical (unpaired) electrons. The molecule has 5 rings (SSSR count). The van der Waals surface area contributed by atoms with Gasteiger partial charge in [-0.1, -0.05) is 54.1 Å². The Balaban J connectivity index is 1.35. The molecule has 1 fully saturated rings. The summed E-state index contributed by atoms with van der Waals surface area (Å²) in [7, 11) is 1.56. The zero-order valence-electron chi connectivity index (χ0n) is 22.4. The van der Waals surface area contributed by atoms with Crippen molar-refractivity contribution >= 4 is 23.3 Å². The summed E-state index contributed by atoms with van der Waals surface area (Å²) >= 11 is 6.17. The van der Waals surface area contributed by atoms with Crippen LogP contribution in [0.15, 0.2) is 84.9 Å². The fourth-order valence-corrected chi connectivity index (χ4v) is 5.78.